The van der Waals surface area contributed by atoms with Crippen LogP contribution in [0.3, 0.4) is 0 Å². The van der Waals surface area contributed by atoms with E-state index in [0.717, 1.165) is 17.7 Å². The van der Waals surface area contributed by atoms with Crippen molar-refractivity contribution in [3.63, 3.8) is 0 Å². The molecule has 2 aromatic rings. The topological polar surface area (TPSA) is 41.5 Å². The number of hydrogen-bond acceptors (Lipinski definition) is 3. The van der Waals surface area contributed by atoms with Gasteiger partial charge in [-0.05, 0) is 48.9 Å². The van der Waals surface area contributed by atoms with Crippen molar-refractivity contribution in [2.45, 2.75) is 19.9 Å². The summed E-state index contributed by atoms with van der Waals surface area (Å²) in [6.07, 6.45) is 0.627. The predicted octanol–water partition coefficient (Wildman–Crippen LogP) is 3.26. The van der Waals surface area contributed by atoms with Crippen molar-refractivity contribution >= 4 is 0 Å². The minimum atomic E-state index is -0.270. The van der Waals surface area contributed by atoms with Crippen LogP contribution in [0.5, 0.6) is 11.5 Å². The summed E-state index contributed by atoms with van der Waals surface area (Å²) < 4.78 is 19.2. The molecule has 2 rings (SSSR count). The molecule has 0 unspecified atom stereocenters. The molecule has 2 aromatic carbocycles. The number of halogens is 1. The minimum Gasteiger partial charge on any atom is -0.457 e. The lowest BCUT2D eigenvalue weighted by Crippen LogP contribution is -2.12. The van der Waals surface area contributed by atoms with Crippen molar-refractivity contribution < 1.29 is 14.2 Å². The fourth-order valence-corrected chi connectivity index (χ4v) is 2.03. The van der Waals surface area contributed by atoms with E-state index < -0.39 is 0 Å². The van der Waals surface area contributed by atoms with Crippen molar-refractivity contribution in [3.8, 4) is 11.5 Å². The summed E-state index contributed by atoms with van der Waals surface area (Å²) in [5.74, 6) is 1.07. The average Bonchev–Trinajstić information content (AvgIpc) is 2.49. The molecule has 0 radical (unpaired) electrons. The first-order valence-electron chi connectivity index (χ1n) is 7.09. The molecule has 2 N–H and O–H groups in total. The van der Waals surface area contributed by atoms with Gasteiger partial charge in [0.25, 0.3) is 0 Å². The van der Waals surface area contributed by atoms with Gasteiger partial charge in [0.05, 0.1) is 0 Å². The van der Waals surface area contributed by atoms with E-state index in [1.54, 1.807) is 6.07 Å². The molecule has 0 heterocycles. The van der Waals surface area contributed by atoms with Crippen molar-refractivity contribution in [2.24, 2.45) is 0 Å². The first kappa shape index (κ1) is 15.5. The smallest absolute Gasteiger partial charge is 0.132 e. The molecular weight excluding hydrogens is 269 g/mol. The molecule has 0 fully saturated rings. The van der Waals surface area contributed by atoms with Crippen molar-refractivity contribution in [3.05, 3.63) is 59.4 Å². The summed E-state index contributed by atoms with van der Waals surface area (Å²) in [5.41, 5.74) is 1.84. The van der Waals surface area contributed by atoms with Crippen LogP contribution in [0.2, 0.25) is 0 Å². The third kappa shape index (κ3) is 4.55. The number of benzene rings is 2. The first-order chi connectivity index (χ1) is 10.2. The maximum absolute atomic E-state index is 13.3. The van der Waals surface area contributed by atoms with Gasteiger partial charge in [-0.15, -0.1) is 0 Å². The number of ether oxygens (including phenoxy) is 1. The van der Waals surface area contributed by atoms with Gasteiger partial charge in [0.1, 0.15) is 17.3 Å². The van der Waals surface area contributed by atoms with Crippen molar-refractivity contribution in [2.75, 3.05) is 13.2 Å². The molecule has 21 heavy (non-hydrogen) atoms. The molecule has 4 heteroatoms. The molecule has 0 spiro atoms. The third-order valence-electron chi connectivity index (χ3n) is 3.14. The standard InChI is InChI=1S/C17H20FNO2/c1-2-19-12-14-11-15(18)5-8-17(14)21-16-6-3-13(4-7-16)9-10-20/h3-8,11,19-20H,2,9-10,12H2,1H3. The van der Waals surface area contributed by atoms with Crippen molar-refractivity contribution in [1.82, 2.24) is 5.32 Å². The molecule has 0 aliphatic rings. The lowest BCUT2D eigenvalue weighted by molar-refractivity contribution is 0.299. The lowest BCUT2D eigenvalue weighted by Gasteiger charge is -2.12. The van der Waals surface area contributed by atoms with E-state index in [9.17, 15) is 4.39 Å². The van der Waals surface area contributed by atoms with Gasteiger partial charge < -0.3 is 15.2 Å². The number of hydrogen-bond donors (Lipinski definition) is 2. The number of aliphatic hydroxyl groups is 1. The molecule has 0 saturated carbocycles. The van der Waals surface area contributed by atoms with Gasteiger partial charge in [-0.25, -0.2) is 4.39 Å². The van der Waals surface area contributed by atoms with Crippen LogP contribution in [0.25, 0.3) is 0 Å². The molecule has 0 aliphatic heterocycles. The molecule has 112 valence electrons. The molecule has 0 atom stereocenters. The lowest BCUT2D eigenvalue weighted by atomic mass is 10.1. The van der Waals surface area contributed by atoms with E-state index >= 15 is 0 Å². The Hall–Kier alpha value is -1.91. The molecule has 0 aromatic heterocycles. The van der Waals surface area contributed by atoms with Gasteiger partial charge in [-0.2, -0.15) is 0 Å². The van der Waals surface area contributed by atoms with Crippen LogP contribution < -0.4 is 10.1 Å². The Morgan fingerprint density at radius 3 is 2.57 bits per heavy atom. The summed E-state index contributed by atoms with van der Waals surface area (Å²) in [7, 11) is 0. The second kappa shape index (κ2) is 7.76. The Balaban J connectivity index is 2.14. The molecule has 0 saturated heterocycles. The highest BCUT2D eigenvalue weighted by Gasteiger charge is 2.06. The quantitative estimate of drug-likeness (QED) is 0.822. The maximum Gasteiger partial charge on any atom is 0.132 e. The fraction of sp³-hybridized carbons (Fsp3) is 0.294. The van der Waals surface area contributed by atoms with Gasteiger partial charge in [0.2, 0.25) is 0 Å². The minimum absolute atomic E-state index is 0.130. The number of rotatable bonds is 7. The predicted molar refractivity (Wildman–Crippen MR) is 81.1 cm³/mol. The van der Waals surface area contributed by atoms with Gasteiger partial charge >= 0.3 is 0 Å². The summed E-state index contributed by atoms with van der Waals surface area (Å²) in [4.78, 5) is 0. The Bertz CT molecular complexity index is 570. The van der Waals surface area contributed by atoms with Crippen LogP contribution in [-0.2, 0) is 13.0 Å². The van der Waals surface area contributed by atoms with E-state index in [-0.39, 0.29) is 12.4 Å². The summed E-state index contributed by atoms with van der Waals surface area (Å²) in [5, 5.41) is 12.1. The largest absolute Gasteiger partial charge is 0.457 e. The normalized spacial score (nSPS) is 10.6. The SMILES string of the molecule is CCNCc1cc(F)ccc1Oc1ccc(CCO)cc1. The van der Waals surface area contributed by atoms with E-state index in [2.05, 4.69) is 5.32 Å². The fourth-order valence-electron chi connectivity index (χ4n) is 2.03. The summed E-state index contributed by atoms with van der Waals surface area (Å²) in [6, 6.07) is 12.1. The Morgan fingerprint density at radius 1 is 1.14 bits per heavy atom. The van der Waals surface area contributed by atoms with Crippen LogP contribution in [0.1, 0.15) is 18.1 Å². The van der Waals surface area contributed by atoms with E-state index in [1.165, 1.54) is 12.1 Å². The second-order valence-corrected chi connectivity index (χ2v) is 4.75. The first-order valence-corrected chi connectivity index (χ1v) is 7.09. The Kier molecular flexibility index (Phi) is 5.72. The highest BCUT2D eigenvalue weighted by atomic mass is 19.1. The summed E-state index contributed by atoms with van der Waals surface area (Å²) >= 11 is 0. The number of aliphatic hydroxyl groups excluding tert-OH is 1. The van der Waals surface area contributed by atoms with Gasteiger partial charge in [-0.1, -0.05) is 19.1 Å². The van der Waals surface area contributed by atoms with Gasteiger partial charge in [0.15, 0.2) is 0 Å². The van der Waals surface area contributed by atoms with Crippen LogP contribution in [-0.4, -0.2) is 18.3 Å². The highest BCUT2D eigenvalue weighted by molar-refractivity contribution is 5.39. The molecule has 0 amide bonds. The second-order valence-electron chi connectivity index (χ2n) is 4.75. The molecular formula is C17H20FNO2. The summed E-state index contributed by atoms with van der Waals surface area (Å²) in [6.45, 7) is 3.50. The van der Waals surface area contributed by atoms with Gasteiger partial charge in [0, 0.05) is 18.7 Å². The zero-order chi connectivity index (χ0) is 15.1. The van der Waals surface area contributed by atoms with E-state index in [1.807, 2.05) is 31.2 Å². The van der Waals surface area contributed by atoms with Crippen LogP contribution in [0.4, 0.5) is 4.39 Å². The zero-order valence-electron chi connectivity index (χ0n) is 12.1. The van der Waals surface area contributed by atoms with E-state index in [4.69, 9.17) is 9.84 Å². The van der Waals surface area contributed by atoms with Crippen molar-refractivity contribution in [1.29, 1.82) is 0 Å². The van der Waals surface area contributed by atoms with Crippen LogP contribution in [0.15, 0.2) is 42.5 Å². The highest BCUT2D eigenvalue weighted by Crippen LogP contribution is 2.26. The van der Waals surface area contributed by atoms with Crippen LogP contribution in [0, 0.1) is 5.82 Å². The van der Waals surface area contributed by atoms with Gasteiger partial charge in [-0.3, -0.25) is 0 Å². The molecule has 0 bridgehead atoms. The third-order valence-corrected chi connectivity index (χ3v) is 3.14. The Morgan fingerprint density at radius 2 is 1.90 bits per heavy atom. The average molecular weight is 289 g/mol. The Labute approximate surface area is 124 Å². The monoisotopic (exact) mass is 289 g/mol. The number of nitrogens with one attached hydrogen (secondary N) is 1. The van der Waals surface area contributed by atoms with Crippen LogP contribution >= 0.6 is 0 Å². The van der Waals surface area contributed by atoms with E-state index in [0.29, 0.717) is 24.5 Å². The molecule has 3 nitrogen and oxygen atoms in total. The maximum atomic E-state index is 13.3. The molecule has 0 aliphatic carbocycles. The zero-order valence-corrected chi connectivity index (χ0v) is 12.1.